The lowest BCUT2D eigenvalue weighted by molar-refractivity contribution is 1.31. The first-order valence-corrected chi connectivity index (χ1v) is 6.44. The maximum absolute atomic E-state index is 9.19. The maximum Gasteiger partial charge on any atom is 0.103 e. The van der Waals surface area contributed by atoms with Gasteiger partial charge in [-0.1, -0.05) is 35.4 Å². The van der Waals surface area contributed by atoms with E-state index in [2.05, 4.69) is 44.3 Å². The molecule has 0 fully saturated rings. The average molecular weight is 271 g/mol. The van der Waals surface area contributed by atoms with Gasteiger partial charge in [0.1, 0.15) is 6.07 Å². The van der Waals surface area contributed by atoms with Crippen LogP contribution in [0.25, 0.3) is 0 Å². The molecular weight excluding hydrogens is 256 g/mol. The van der Waals surface area contributed by atoms with E-state index in [-0.39, 0.29) is 0 Å². The molecule has 0 aliphatic rings. The van der Waals surface area contributed by atoms with Gasteiger partial charge in [-0.2, -0.15) is 5.26 Å². The lowest BCUT2D eigenvalue weighted by atomic mass is 10.0. The topological polar surface area (TPSA) is 35.8 Å². The second-order valence-electron chi connectivity index (χ2n) is 4.67. The van der Waals surface area contributed by atoms with Crippen LogP contribution in [0.5, 0.6) is 0 Å². The molecule has 0 heterocycles. The molecule has 2 nitrogen and oxygen atoms in total. The van der Waals surface area contributed by atoms with Gasteiger partial charge in [0.05, 0.1) is 16.3 Å². The van der Waals surface area contributed by atoms with E-state index < -0.39 is 0 Å². The van der Waals surface area contributed by atoms with Crippen LogP contribution in [0.15, 0.2) is 30.3 Å². The van der Waals surface area contributed by atoms with Gasteiger partial charge < -0.3 is 5.32 Å². The third-order valence-corrected chi connectivity index (χ3v) is 3.38. The van der Waals surface area contributed by atoms with E-state index in [4.69, 9.17) is 11.6 Å². The fraction of sp³-hybridized carbons (Fsp3) is 0.188. The molecule has 0 unspecified atom stereocenters. The summed E-state index contributed by atoms with van der Waals surface area (Å²) >= 11 is 6.04. The minimum Gasteiger partial charge on any atom is -0.354 e. The van der Waals surface area contributed by atoms with Crippen molar-refractivity contribution in [2.45, 2.75) is 20.8 Å². The third kappa shape index (κ3) is 2.72. The summed E-state index contributed by atoms with van der Waals surface area (Å²) in [5.74, 6) is 0. The van der Waals surface area contributed by atoms with Crippen LogP contribution in [0.1, 0.15) is 22.3 Å². The molecule has 0 atom stereocenters. The molecule has 0 radical (unpaired) electrons. The second kappa shape index (κ2) is 5.34. The van der Waals surface area contributed by atoms with Crippen LogP contribution >= 0.6 is 11.6 Å². The van der Waals surface area contributed by atoms with E-state index in [0.717, 1.165) is 22.5 Å². The number of halogens is 1. The summed E-state index contributed by atoms with van der Waals surface area (Å²) in [6, 6.07) is 11.8. The monoisotopic (exact) mass is 270 g/mol. The largest absolute Gasteiger partial charge is 0.354 e. The van der Waals surface area contributed by atoms with Gasteiger partial charge >= 0.3 is 0 Å². The Labute approximate surface area is 118 Å². The van der Waals surface area contributed by atoms with Crippen LogP contribution in [0.3, 0.4) is 0 Å². The Morgan fingerprint density at radius 3 is 2.32 bits per heavy atom. The molecule has 2 rings (SSSR count). The van der Waals surface area contributed by atoms with Crippen molar-refractivity contribution in [2.75, 3.05) is 5.32 Å². The molecule has 0 aliphatic heterocycles. The van der Waals surface area contributed by atoms with Gasteiger partial charge in [0.15, 0.2) is 0 Å². The normalized spacial score (nSPS) is 10.1. The van der Waals surface area contributed by atoms with Gasteiger partial charge in [0.2, 0.25) is 0 Å². The second-order valence-corrected chi connectivity index (χ2v) is 5.08. The molecule has 0 aromatic heterocycles. The molecule has 96 valence electrons. The number of anilines is 2. The van der Waals surface area contributed by atoms with Gasteiger partial charge in [0.25, 0.3) is 0 Å². The molecule has 2 aromatic rings. The number of hydrogen-bond acceptors (Lipinski definition) is 2. The van der Waals surface area contributed by atoms with Crippen molar-refractivity contribution in [1.29, 1.82) is 5.26 Å². The predicted molar refractivity (Wildman–Crippen MR) is 80.1 cm³/mol. The van der Waals surface area contributed by atoms with E-state index in [9.17, 15) is 5.26 Å². The summed E-state index contributed by atoms with van der Waals surface area (Å²) < 4.78 is 0. The van der Waals surface area contributed by atoms with E-state index in [1.807, 2.05) is 12.1 Å². The highest BCUT2D eigenvalue weighted by Gasteiger charge is 2.09. The van der Waals surface area contributed by atoms with Crippen molar-refractivity contribution in [2.24, 2.45) is 0 Å². The quantitative estimate of drug-likeness (QED) is 0.844. The van der Waals surface area contributed by atoms with Crippen LogP contribution in [0.4, 0.5) is 11.4 Å². The average Bonchev–Trinajstić information content (AvgIpc) is 2.34. The number of nitrogens with zero attached hydrogens (tertiary/aromatic N) is 1. The molecule has 3 heteroatoms. The zero-order valence-electron chi connectivity index (χ0n) is 11.2. The Bertz CT molecular complexity index is 646. The van der Waals surface area contributed by atoms with Crippen molar-refractivity contribution in [3.8, 4) is 6.07 Å². The Kier molecular flexibility index (Phi) is 3.78. The van der Waals surface area contributed by atoms with Crippen molar-refractivity contribution in [3.05, 3.63) is 57.6 Å². The van der Waals surface area contributed by atoms with Crippen LogP contribution in [0.2, 0.25) is 5.02 Å². The Morgan fingerprint density at radius 2 is 1.74 bits per heavy atom. The molecule has 0 amide bonds. The minimum absolute atomic E-state index is 0.468. The summed E-state index contributed by atoms with van der Waals surface area (Å²) in [5, 5.41) is 13.0. The van der Waals surface area contributed by atoms with Crippen molar-refractivity contribution in [3.63, 3.8) is 0 Å². The third-order valence-electron chi connectivity index (χ3n) is 3.06. The number of hydrogen-bond donors (Lipinski definition) is 1. The number of rotatable bonds is 2. The molecule has 0 spiro atoms. The Hall–Kier alpha value is -1.98. The van der Waals surface area contributed by atoms with Gasteiger partial charge in [-0.15, -0.1) is 0 Å². The van der Waals surface area contributed by atoms with E-state index in [1.54, 1.807) is 6.07 Å². The van der Waals surface area contributed by atoms with Crippen molar-refractivity contribution < 1.29 is 0 Å². The Morgan fingerprint density at radius 1 is 1.11 bits per heavy atom. The first-order valence-electron chi connectivity index (χ1n) is 6.06. The summed E-state index contributed by atoms with van der Waals surface area (Å²) in [7, 11) is 0. The van der Waals surface area contributed by atoms with E-state index in [1.165, 1.54) is 5.56 Å². The molecule has 0 aliphatic carbocycles. The highest BCUT2D eigenvalue weighted by atomic mass is 35.5. The lowest BCUT2D eigenvalue weighted by Crippen LogP contribution is -1.99. The SMILES string of the molecule is Cc1cc(C)c(Nc2cccc(Cl)c2C#N)c(C)c1. The predicted octanol–water partition coefficient (Wildman–Crippen LogP) is 4.88. The van der Waals surface area contributed by atoms with Crippen LogP contribution in [0, 0.1) is 32.1 Å². The molecule has 1 N–H and O–H groups in total. The summed E-state index contributed by atoms with van der Waals surface area (Å²) in [6.07, 6.45) is 0. The van der Waals surface area contributed by atoms with Crippen LogP contribution in [-0.4, -0.2) is 0 Å². The summed E-state index contributed by atoms with van der Waals surface area (Å²) in [6.45, 7) is 6.18. The molecule has 0 bridgehead atoms. The maximum atomic E-state index is 9.19. The van der Waals surface area contributed by atoms with Crippen LogP contribution in [-0.2, 0) is 0 Å². The zero-order valence-corrected chi connectivity index (χ0v) is 12.0. The molecular formula is C16H15ClN2. The van der Waals surface area contributed by atoms with E-state index >= 15 is 0 Å². The van der Waals surface area contributed by atoms with Crippen molar-refractivity contribution in [1.82, 2.24) is 0 Å². The van der Waals surface area contributed by atoms with Gasteiger partial charge in [0, 0.05) is 5.69 Å². The molecule has 0 saturated carbocycles. The highest BCUT2D eigenvalue weighted by molar-refractivity contribution is 6.32. The molecule has 2 aromatic carbocycles. The number of benzene rings is 2. The highest BCUT2D eigenvalue weighted by Crippen LogP contribution is 2.30. The fourth-order valence-electron chi connectivity index (χ4n) is 2.25. The standard InChI is InChI=1S/C16H15ClN2/c1-10-7-11(2)16(12(3)8-10)19-15-6-4-5-14(17)13(15)9-18/h4-8,19H,1-3H3. The van der Waals surface area contributed by atoms with Gasteiger partial charge in [-0.3, -0.25) is 0 Å². The first kappa shape index (κ1) is 13.5. The van der Waals surface area contributed by atoms with Gasteiger partial charge in [-0.25, -0.2) is 0 Å². The lowest BCUT2D eigenvalue weighted by Gasteiger charge is -2.15. The van der Waals surface area contributed by atoms with E-state index in [0.29, 0.717) is 10.6 Å². The number of nitrogens with one attached hydrogen (secondary N) is 1. The number of nitriles is 1. The number of aryl methyl sites for hydroxylation is 3. The smallest absolute Gasteiger partial charge is 0.103 e. The van der Waals surface area contributed by atoms with Crippen LogP contribution < -0.4 is 5.32 Å². The van der Waals surface area contributed by atoms with Gasteiger partial charge in [-0.05, 0) is 44.0 Å². The van der Waals surface area contributed by atoms with Crippen molar-refractivity contribution >= 4 is 23.0 Å². The Balaban J connectivity index is 2.49. The zero-order chi connectivity index (χ0) is 14.0. The summed E-state index contributed by atoms with van der Waals surface area (Å²) in [5.41, 5.74) is 5.79. The molecule has 0 saturated heterocycles. The molecule has 19 heavy (non-hydrogen) atoms. The first-order chi connectivity index (χ1) is 9.02. The summed E-state index contributed by atoms with van der Waals surface area (Å²) in [4.78, 5) is 0. The fourth-order valence-corrected chi connectivity index (χ4v) is 2.47. The minimum atomic E-state index is 0.468.